The summed E-state index contributed by atoms with van der Waals surface area (Å²) >= 11 is 0. The van der Waals surface area contributed by atoms with E-state index < -0.39 is 12.1 Å². The summed E-state index contributed by atoms with van der Waals surface area (Å²) in [6.07, 6.45) is 5.56. The molecule has 0 saturated carbocycles. The standard InChI is InChI=1S/C54H56N4O8/c1-53(2,3)41-25-37-21-33-29-45(59)31-35(47(33)61)23-39-27-42(54(4,5)6)28-40(50(39)66-20-18-56-52(64)58-44-15-11-8-12-16-44)24-36-32-46(60)30-34(48(36)62)22-38(26-41)49(37)65-19-17-55-51(63)57-43-13-9-7-10-14-43/h7-16,25-32H,17-24H2,1-6H3,(H2,55,57,63)(H2,56,58,64). The Morgan fingerprint density at radius 1 is 0.485 bits per heavy atom. The first-order valence-corrected chi connectivity index (χ1v) is 22.2. The van der Waals surface area contributed by atoms with E-state index >= 15 is 0 Å². The van der Waals surface area contributed by atoms with Gasteiger partial charge in [-0.25, -0.2) is 9.59 Å². The van der Waals surface area contributed by atoms with E-state index in [1.807, 2.05) is 60.7 Å². The Balaban J connectivity index is 1.26. The van der Waals surface area contributed by atoms with E-state index in [2.05, 4.69) is 62.8 Å². The molecular weight excluding hydrogens is 833 g/mol. The molecule has 4 amide bonds. The van der Waals surface area contributed by atoms with Crippen molar-refractivity contribution in [2.45, 2.75) is 78.1 Å². The minimum atomic E-state index is -0.419. The quantitative estimate of drug-likeness (QED) is 0.0907. The van der Waals surface area contributed by atoms with Gasteiger partial charge in [-0.3, -0.25) is 19.2 Å². The van der Waals surface area contributed by atoms with Crippen LogP contribution in [-0.2, 0) is 55.7 Å². The molecule has 0 atom stereocenters. The van der Waals surface area contributed by atoms with Crippen molar-refractivity contribution in [3.63, 3.8) is 0 Å². The van der Waals surface area contributed by atoms with Gasteiger partial charge < -0.3 is 30.7 Å². The van der Waals surface area contributed by atoms with E-state index in [9.17, 15) is 28.8 Å². The van der Waals surface area contributed by atoms with E-state index in [0.29, 0.717) is 45.1 Å². The molecule has 8 bridgehead atoms. The van der Waals surface area contributed by atoms with Crippen molar-refractivity contribution in [1.29, 1.82) is 0 Å². The van der Waals surface area contributed by atoms with Crippen LogP contribution in [0.3, 0.4) is 0 Å². The number of benzene rings is 4. The van der Waals surface area contributed by atoms with Crippen LogP contribution in [0, 0.1) is 0 Å². The van der Waals surface area contributed by atoms with Gasteiger partial charge in [0.1, 0.15) is 24.7 Å². The number of fused-ring (bicyclic) bond motifs is 8. The molecule has 0 saturated heterocycles. The Hall–Kier alpha value is -7.34. The van der Waals surface area contributed by atoms with Crippen LogP contribution in [-0.4, -0.2) is 61.5 Å². The third kappa shape index (κ3) is 11.7. The summed E-state index contributed by atoms with van der Waals surface area (Å²) in [5, 5.41) is 11.2. The Kier molecular flexibility index (Phi) is 14.0. The minimum Gasteiger partial charge on any atom is -0.491 e. The lowest BCUT2D eigenvalue weighted by molar-refractivity contribution is -0.115. The van der Waals surface area contributed by atoms with E-state index in [-0.39, 0.29) is 108 Å². The molecule has 0 aliphatic heterocycles. The Labute approximate surface area is 385 Å². The topological polar surface area (TPSA) is 169 Å². The number of hydrogen-bond donors (Lipinski definition) is 4. The predicted molar refractivity (Wildman–Crippen MR) is 255 cm³/mol. The fraction of sp³-hybridized carbons (Fsp3) is 0.296. The molecule has 0 aromatic heterocycles. The van der Waals surface area contributed by atoms with Crippen molar-refractivity contribution in [3.8, 4) is 11.5 Å². The average molecular weight is 889 g/mol. The van der Waals surface area contributed by atoms with Gasteiger partial charge in [-0.05, 0) is 92.8 Å². The maximum absolute atomic E-state index is 14.7. The molecule has 0 radical (unpaired) electrons. The van der Waals surface area contributed by atoms with Crippen molar-refractivity contribution in [1.82, 2.24) is 10.6 Å². The maximum atomic E-state index is 14.7. The number of ketones is 4. The number of hydrogen-bond acceptors (Lipinski definition) is 8. The Morgan fingerprint density at radius 3 is 1.08 bits per heavy atom. The van der Waals surface area contributed by atoms with Crippen LogP contribution >= 0.6 is 0 Å². The number of ether oxygens (including phenoxy) is 2. The zero-order valence-corrected chi connectivity index (χ0v) is 38.3. The molecule has 66 heavy (non-hydrogen) atoms. The zero-order valence-electron chi connectivity index (χ0n) is 38.3. The number of carbonyl (C=O) groups excluding carboxylic acids is 6. The van der Waals surface area contributed by atoms with E-state index in [0.717, 1.165) is 11.1 Å². The monoisotopic (exact) mass is 888 g/mol. The number of anilines is 2. The summed E-state index contributed by atoms with van der Waals surface area (Å²) in [4.78, 5) is 82.0. The average Bonchev–Trinajstić information content (AvgIpc) is 3.25. The van der Waals surface area contributed by atoms with Crippen molar-refractivity contribution >= 4 is 46.6 Å². The molecule has 0 fully saturated rings. The lowest BCUT2D eigenvalue weighted by Crippen LogP contribution is -2.32. The highest BCUT2D eigenvalue weighted by atomic mass is 16.5. The second-order valence-electron chi connectivity index (χ2n) is 18.8. The van der Waals surface area contributed by atoms with Crippen LogP contribution in [0.25, 0.3) is 0 Å². The van der Waals surface area contributed by atoms with Crippen LogP contribution in [0.4, 0.5) is 21.0 Å². The molecule has 12 heteroatoms. The summed E-state index contributed by atoms with van der Waals surface area (Å²) < 4.78 is 13.0. The summed E-state index contributed by atoms with van der Waals surface area (Å²) in [7, 11) is 0. The highest BCUT2D eigenvalue weighted by Gasteiger charge is 2.31. The first kappa shape index (κ1) is 46.6. The number of para-hydroxylation sites is 2. The van der Waals surface area contributed by atoms with Crippen LogP contribution in [0.2, 0.25) is 0 Å². The van der Waals surface area contributed by atoms with Crippen molar-refractivity contribution in [3.05, 3.63) is 165 Å². The van der Waals surface area contributed by atoms with Gasteiger partial charge in [-0.2, -0.15) is 0 Å². The molecule has 4 N–H and O–H groups in total. The number of nitrogens with one attached hydrogen (secondary N) is 4. The molecule has 3 aliphatic carbocycles. The fourth-order valence-electron chi connectivity index (χ4n) is 8.09. The summed E-state index contributed by atoms with van der Waals surface area (Å²) in [5.41, 5.74) is 5.81. The molecule has 0 spiro atoms. The van der Waals surface area contributed by atoms with Crippen LogP contribution in [0.5, 0.6) is 11.5 Å². The number of Topliss-reactive ketones (excluding diaryl/α,β-unsaturated/α-hetero) is 2. The van der Waals surface area contributed by atoms with Crippen molar-refractivity contribution in [2.75, 3.05) is 36.9 Å². The zero-order chi connectivity index (χ0) is 47.2. The molecule has 0 heterocycles. The maximum Gasteiger partial charge on any atom is 0.319 e. The predicted octanol–water partition coefficient (Wildman–Crippen LogP) is 8.58. The summed E-state index contributed by atoms with van der Waals surface area (Å²) in [6.45, 7) is 12.6. The molecule has 340 valence electrons. The molecule has 0 unspecified atom stereocenters. The number of amides is 4. The fourth-order valence-corrected chi connectivity index (χ4v) is 8.09. The first-order valence-electron chi connectivity index (χ1n) is 22.2. The molecule has 12 nitrogen and oxygen atoms in total. The summed E-state index contributed by atoms with van der Waals surface area (Å²) in [5.74, 6) is -0.466. The summed E-state index contributed by atoms with van der Waals surface area (Å²) in [6, 6.07) is 25.1. The largest absolute Gasteiger partial charge is 0.491 e. The van der Waals surface area contributed by atoms with E-state index in [4.69, 9.17) is 9.47 Å². The first-order chi connectivity index (χ1) is 31.4. The van der Waals surface area contributed by atoms with Gasteiger partial charge in [-0.1, -0.05) is 102 Å². The third-order valence-electron chi connectivity index (χ3n) is 11.5. The highest BCUT2D eigenvalue weighted by Crippen LogP contribution is 2.39. The van der Waals surface area contributed by atoms with Crippen molar-refractivity contribution < 1.29 is 38.2 Å². The van der Waals surface area contributed by atoms with E-state index in [1.54, 1.807) is 24.3 Å². The molecule has 7 rings (SSSR count). The van der Waals surface area contributed by atoms with Gasteiger partial charge in [0.2, 0.25) is 0 Å². The second-order valence-corrected chi connectivity index (χ2v) is 18.8. The van der Waals surface area contributed by atoms with Gasteiger partial charge in [0, 0.05) is 59.4 Å². The lowest BCUT2D eigenvalue weighted by atomic mass is 9.79. The smallest absolute Gasteiger partial charge is 0.319 e. The van der Waals surface area contributed by atoms with Gasteiger partial charge >= 0.3 is 12.1 Å². The van der Waals surface area contributed by atoms with Gasteiger partial charge in [0.25, 0.3) is 0 Å². The van der Waals surface area contributed by atoms with Gasteiger partial charge in [0.05, 0.1) is 13.1 Å². The normalized spacial score (nSPS) is 15.1. The minimum absolute atomic E-state index is 0.0283. The van der Waals surface area contributed by atoms with Gasteiger partial charge in [0.15, 0.2) is 23.1 Å². The molecule has 4 aromatic rings. The Bertz CT molecular complexity index is 2430. The molecule has 3 aliphatic rings. The molecular formula is C54H56N4O8. The van der Waals surface area contributed by atoms with Crippen LogP contribution in [0.15, 0.2) is 132 Å². The van der Waals surface area contributed by atoms with Crippen LogP contribution in [0.1, 0.15) is 74.9 Å². The SMILES string of the molecule is CC(C)(C)c1cc2c(OCCNC(=O)Nc3ccccc3)c(c1)CC1=CC(=O)C=C(Cc3cc(C(C)(C)C)cc(c3OCCNC(=O)Nc3ccccc3)CC3=CC(=O)C=C(C2)C3=O)C1=O. The number of allylic oxidation sites excluding steroid dienone is 8. The van der Waals surface area contributed by atoms with Crippen LogP contribution < -0.4 is 30.7 Å². The molecule has 4 aromatic carbocycles. The lowest BCUT2D eigenvalue weighted by Gasteiger charge is -2.27. The number of rotatable bonds is 10. The highest BCUT2D eigenvalue weighted by molar-refractivity contribution is 6.21. The van der Waals surface area contributed by atoms with Gasteiger partial charge in [-0.15, -0.1) is 0 Å². The Morgan fingerprint density at radius 2 is 0.788 bits per heavy atom. The number of urea groups is 2. The van der Waals surface area contributed by atoms with Crippen molar-refractivity contribution in [2.24, 2.45) is 0 Å². The second kappa shape index (κ2) is 19.8. The van der Waals surface area contributed by atoms with E-state index in [1.165, 1.54) is 24.3 Å². The third-order valence-corrected chi connectivity index (χ3v) is 11.5. The number of carbonyl (C=O) groups is 6.